The lowest BCUT2D eigenvalue weighted by atomic mass is 10.2. The van der Waals surface area contributed by atoms with Crippen molar-refractivity contribution in [2.24, 2.45) is 0 Å². The molecule has 1 aromatic rings. The van der Waals surface area contributed by atoms with Crippen LogP contribution in [0.25, 0.3) is 0 Å². The zero-order chi connectivity index (χ0) is 10.9. The fraction of sp³-hybridized carbons (Fsp3) is 0.727. The van der Waals surface area contributed by atoms with Gasteiger partial charge in [-0.3, -0.25) is 0 Å². The van der Waals surface area contributed by atoms with E-state index in [1.54, 1.807) is 0 Å². The number of aromatic nitrogens is 1. The van der Waals surface area contributed by atoms with Crippen molar-refractivity contribution in [3.63, 3.8) is 0 Å². The number of unbranched alkanes of at least 4 members (excludes halogenated alkanes) is 1. The Hall–Kier alpha value is -0.870. The number of nitrogens with zero attached hydrogens (tertiary/aromatic N) is 1. The first kappa shape index (κ1) is 12.2. The van der Waals surface area contributed by atoms with E-state index in [1.165, 1.54) is 0 Å². The van der Waals surface area contributed by atoms with Crippen LogP contribution in [0.15, 0.2) is 10.6 Å². The van der Waals surface area contributed by atoms with Gasteiger partial charge in [0, 0.05) is 25.9 Å². The van der Waals surface area contributed by atoms with E-state index in [9.17, 15) is 0 Å². The van der Waals surface area contributed by atoms with Crippen LogP contribution in [0, 0.1) is 6.92 Å². The molecule has 0 bridgehead atoms. The van der Waals surface area contributed by atoms with Crippen molar-refractivity contribution in [3.05, 3.63) is 17.5 Å². The highest BCUT2D eigenvalue weighted by Crippen LogP contribution is 2.05. The predicted molar refractivity (Wildman–Crippen MR) is 56.7 cm³/mol. The molecular weight excluding hydrogens is 194 g/mol. The molecule has 0 aliphatic carbocycles. The Bertz CT molecular complexity index is 260. The van der Waals surface area contributed by atoms with Crippen LogP contribution in [-0.2, 0) is 11.2 Å². The monoisotopic (exact) mass is 213 g/mol. The summed E-state index contributed by atoms with van der Waals surface area (Å²) in [5.74, 6) is 0.865. The van der Waals surface area contributed by atoms with Gasteiger partial charge in [-0.15, -0.1) is 0 Å². The summed E-state index contributed by atoms with van der Waals surface area (Å²) in [7, 11) is 0. The van der Waals surface area contributed by atoms with Crippen molar-refractivity contribution in [3.8, 4) is 0 Å². The minimum atomic E-state index is 0.207. The third-order valence-electron chi connectivity index (χ3n) is 2.10. The van der Waals surface area contributed by atoms with Gasteiger partial charge in [0.2, 0.25) is 0 Å². The van der Waals surface area contributed by atoms with Crippen LogP contribution in [-0.4, -0.2) is 30.1 Å². The van der Waals surface area contributed by atoms with E-state index in [4.69, 9.17) is 14.4 Å². The average molecular weight is 213 g/mol. The molecule has 0 aliphatic heterocycles. The summed E-state index contributed by atoms with van der Waals surface area (Å²) in [6.07, 6.45) is 3.76. The lowest BCUT2D eigenvalue weighted by molar-refractivity contribution is 0.113. The summed E-state index contributed by atoms with van der Waals surface area (Å²) < 4.78 is 10.3. The largest absolute Gasteiger partial charge is 0.396 e. The summed E-state index contributed by atoms with van der Waals surface area (Å²) in [5.41, 5.74) is 1.02. The van der Waals surface area contributed by atoms with Gasteiger partial charge in [-0.1, -0.05) is 5.16 Å². The van der Waals surface area contributed by atoms with Crippen LogP contribution in [0.5, 0.6) is 0 Å². The first-order valence-corrected chi connectivity index (χ1v) is 5.43. The molecule has 0 aliphatic rings. The van der Waals surface area contributed by atoms with E-state index in [0.717, 1.165) is 43.7 Å². The Labute approximate surface area is 90.2 Å². The second-order valence-electron chi connectivity index (χ2n) is 3.58. The molecular formula is C11H19NO3. The van der Waals surface area contributed by atoms with Crippen molar-refractivity contribution < 1.29 is 14.4 Å². The molecule has 4 heteroatoms. The Morgan fingerprint density at radius 3 is 2.80 bits per heavy atom. The molecule has 0 amide bonds. The van der Waals surface area contributed by atoms with Gasteiger partial charge in [-0.2, -0.15) is 0 Å². The normalized spacial score (nSPS) is 10.8. The Morgan fingerprint density at radius 1 is 1.33 bits per heavy atom. The summed E-state index contributed by atoms with van der Waals surface area (Å²) in [6, 6.07) is 1.96. The van der Waals surface area contributed by atoms with Crippen molar-refractivity contribution >= 4 is 0 Å². The molecule has 1 heterocycles. The Balaban J connectivity index is 1.93. The minimum Gasteiger partial charge on any atom is -0.396 e. The van der Waals surface area contributed by atoms with E-state index in [0.29, 0.717) is 6.61 Å². The zero-order valence-electron chi connectivity index (χ0n) is 9.24. The van der Waals surface area contributed by atoms with E-state index in [1.807, 2.05) is 13.0 Å². The number of aliphatic hydroxyl groups excluding tert-OH is 1. The average Bonchev–Trinajstić information content (AvgIpc) is 2.63. The Kier molecular flexibility index (Phi) is 6.04. The lowest BCUT2D eigenvalue weighted by Crippen LogP contribution is -1.99. The number of hydrogen-bond acceptors (Lipinski definition) is 4. The maximum absolute atomic E-state index is 8.52. The highest BCUT2D eigenvalue weighted by atomic mass is 16.5. The van der Waals surface area contributed by atoms with Crippen LogP contribution in [0.1, 0.15) is 30.7 Å². The first-order valence-electron chi connectivity index (χ1n) is 5.43. The fourth-order valence-corrected chi connectivity index (χ4v) is 1.31. The summed E-state index contributed by atoms with van der Waals surface area (Å²) in [4.78, 5) is 0. The second kappa shape index (κ2) is 7.43. The fourth-order valence-electron chi connectivity index (χ4n) is 1.31. The van der Waals surface area contributed by atoms with Gasteiger partial charge in [-0.05, 0) is 32.6 Å². The number of aliphatic hydroxyl groups is 1. The number of ether oxygens (including phenoxy) is 1. The molecule has 0 spiro atoms. The molecule has 1 aromatic heterocycles. The van der Waals surface area contributed by atoms with E-state index in [-0.39, 0.29) is 6.61 Å². The molecule has 0 saturated carbocycles. The minimum absolute atomic E-state index is 0.207. The van der Waals surface area contributed by atoms with Crippen molar-refractivity contribution in [1.29, 1.82) is 0 Å². The molecule has 0 aromatic carbocycles. The van der Waals surface area contributed by atoms with E-state index >= 15 is 0 Å². The van der Waals surface area contributed by atoms with E-state index < -0.39 is 0 Å². The molecule has 0 atom stereocenters. The molecule has 15 heavy (non-hydrogen) atoms. The smallest absolute Gasteiger partial charge is 0.133 e. The van der Waals surface area contributed by atoms with E-state index in [2.05, 4.69) is 5.16 Å². The van der Waals surface area contributed by atoms with Gasteiger partial charge in [0.25, 0.3) is 0 Å². The molecule has 86 valence electrons. The molecule has 0 fully saturated rings. The summed E-state index contributed by atoms with van der Waals surface area (Å²) >= 11 is 0. The zero-order valence-corrected chi connectivity index (χ0v) is 9.24. The summed E-state index contributed by atoms with van der Waals surface area (Å²) in [6.45, 7) is 3.52. The maximum atomic E-state index is 8.52. The van der Waals surface area contributed by atoms with Crippen LogP contribution >= 0.6 is 0 Å². The third-order valence-corrected chi connectivity index (χ3v) is 2.10. The van der Waals surface area contributed by atoms with Crippen molar-refractivity contribution in [2.75, 3.05) is 19.8 Å². The van der Waals surface area contributed by atoms with Crippen LogP contribution in [0.2, 0.25) is 0 Å². The van der Waals surface area contributed by atoms with Gasteiger partial charge in [0.1, 0.15) is 5.76 Å². The van der Waals surface area contributed by atoms with Gasteiger partial charge in [0.05, 0.1) is 5.69 Å². The highest BCUT2D eigenvalue weighted by molar-refractivity contribution is 5.03. The van der Waals surface area contributed by atoms with Crippen LogP contribution in [0.3, 0.4) is 0 Å². The number of hydrogen-bond donors (Lipinski definition) is 1. The number of rotatable bonds is 8. The van der Waals surface area contributed by atoms with Gasteiger partial charge >= 0.3 is 0 Å². The van der Waals surface area contributed by atoms with Crippen LogP contribution < -0.4 is 0 Å². The highest BCUT2D eigenvalue weighted by Gasteiger charge is 1.99. The molecule has 4 nitrogen and oxygen atoms in total. The van der Waals surface area contributed by atoms with Crippen LogP contribution in [0.4, 0.5) is 0 Å². The molecule has 1 rings (SSSR count). The maximum Gasteiger partial charge on any atom is 0.133 e. The second-order valence-corrected chi connectivity index (χ2v) is 3.58. The third kappa shape index (κ3) is 5.54. The molecule has 0 saturated heterocycles. The molecule has 0 unspecified atom stereocenters. The Morgan fingerprint density at radius 2 is 2.13 bits per heavy atom. The first-order chi connectivity index (χ1) is 7.33. The quantitative estimate of drug-likeness (QED) is 0.668. The lowest BCUT2D eigenvalue weighted by Gasteiger charge is -2.01. The molecule has 1 N–H and O–H groups in total. The van der Waals surface area contributed by atoms with Crippen molar-refractivity contribution in [1.82, 2.24) is 5.16 Å². The SMILES string of the molecule is Cc1cc(CCCCOCCCO)no1. The summed E-state index contributed by atoms with van der Waals surface area (Å²) in [5, 5.41) is 12.4. The topological polar surface area (TPSA) is 55.5 Å². The number of aryl methyl sites for hydroxylation is 2. The van der Waals surface area contributed by atoms with Gasteiger partial charge in [-0.25, -0.2) is 0 Å². The predicted octanol–water partition coefficient (Wildman–Crippen LogP) is 1.70. The standard InChI is InChI=1S/C11H19NO3/c1-10-9-11(12-15-10)5-2-3-7-14-8-4-6-13/h9,13H,2-8H2,1H3. The van der Waals surface area contributed by atoms with Gasteiger partial charge < -0.3 is 14.4 Å². The van der Waals surface area contributed by atoms with Crippen molar-refractivity contribution in [2.45, 2.75) is 32.6 Å². The van der Waals surface area contributed by atoms with Gasteiger partial charge in [0.15, 0.2) is 0 Å². The molecule has 0 radical (unpaired) electrons.